The van der Waals surface area contributed by atoms with E-state index in [0.29, 0.717) is 0 Å². The zero-order chi connectivity index (χ0) is 9.97. The predicted molar refractivity (Wildman–Crippen MR) is 57.5 cm³/mol. The Morgan fingerprint density at radius 2 is 2.21 bits per heavy atom. The van der Waals surface area contributed by atoms with Crippen LogP contribution in [0.15, 0.2) is 17.9 Å². The van der Waals surface area contributed by atoms with Crippen molar-refractivity contribution in [2.45, 2.75) is 26.8 Å². The van der Waals surface area contributed by atoms with Crippen molar-refractivity contribution < 1.29 is 0 Å². The highest BCUT2D eigenvalue weighted by atomic mass is 32.1. The lowest BCUT2D eigenvalue weighted by atomic mass is 10.3. The van der Waals surface area contributed by atoms with Crippen LogP contribution in [0.5, 0.6) is 0 Å². The van der Waals surface area contributed by atoms with Crippen molar-refractivity contribution in [2.75, 3.05) is 0 Å². The molecule has 0 saturated carbocycles. The Kier molecular flexibility index (Phi) is 2.63. The summed E-state index contributed by atoms with van der Waals surface area (Å²) in [7, 11) is 0. The Labute approximate surface area is 87.4 Å². The van der Waals surface area contributed by atoms with Gasteiger partial charge in [-0.15, -0.1) is 11.3 Å². The van der Waals surface area contributed by atoms with Gasteiger partial charge in [0.05, 0.1) is 11.2 Å². The molecule has 0 aliphatic heterocycles. The minimum atomic E-state index is 0.995. The first-order valence-electron chi connectivity index (χ1n) is 4.64. The quantitative estimate of drug-likeness (QED) is 0.772. The molecule has 2 heterocycles. The van der Waals surface area contributed by atoms with Gasteiger partial charge in [-0.3, -0.25) is 0 Å². The molecule has 0 aromatic carbocycles. The van der Waals surface area contributed by atoms with E-state index in [1.807, 2.05) is 24.8 Å². The molecule has 74 valence electrons. The number of aryl methyl sites for hydroxylation is 4. The second-order valence-corrected chi connectivity index (χ2v) is 4.22. The standard InChI is InChI=1S/C10H13N3S/c1-8-10(14-7-12-8)3-5-13-6-4-11-9(13)2/h4,6-7H,3,5H2,1-2H3. The van der Waals surface area contributed by atoms with Crippen LogP contribution in [0.25, 0.3) is 0 Å². The molecular formula is C10H13N3S. The first kappa shape index (κ1) is 9.40. The minimum absolute atomic E-state index is 0.995. The largest absolute Gasteiger partial charge is 0.335 e. The highest BCUT2D eigenvalue weighted by molar-refractivity contribution is 7.09. The number of imidazole rings is 1. The summed E-state index contributed by atoms with van der Waals surface area (Å²) < 4.78 is 2.17. The lowest BCUT2D eigenvalue weighted by Gasteiger charge is -2.03. The summed E-state index contributed by atoms with van der Waals surface area (Å²) >= 11 is 1.73. The molecule has 0 saturated heterocycles. The molecule has 0 radical (unpaired) electrons. The molecule has 0 atom stereocenters. The summed E-state index contributed by atoms with van der Waals surface area (Å²) in [5, 5.41) is 0. The van der Waals surface area contributed by atoms with Crippen LogP contribution in [0.3, 0.4) is 0 Å². The monoisotopic (exact) mass is 207 g/mol. The van der Waals surface area contributed by atoms with Gasteiger partial charge < -0.3 is 4.57 Å². The smallest absolute Gasteiger partial charge is 0.105 e. The molecule has 0 spiro atoms. The Balaban J connectivity index is 2.02. The predicted octanol–water partition coefficient (Wildman–Crippen LogP) is 2.20. The first-order valence-corrected chi connectivity index (χ1v) is 5.52. The molecule has 2 aromatic heterocycles. The van der Waals surface area contributed by atoms with E-state index >= 15 is 0 Å². The second kappa shape index (κ2) is 3.92. The molecule has 0 N–H and O–H groups in total. The number of rotatable bonds is 3. The average molecular weight is 207 g/mol. The van der Waals surface area contributed by atoms with E-state index in [2.05, 4.69) is 21.5 Å². The summed E-state index contributed by atoms with van der Waals surface area (Å²) in [5.41, 5.74) is 3.07. The third-order valence-electron chi connectivity index (χ3n) is 2.35. The Bertz CT molecular complexity index is 376. The van der Waals surface area contributed by atoms with Crippen LogP contribution in [0.2, 0.25) is 0 Å². The van der Waals surface area contributed by atoms with Crippen LogP contribution < -0.4 is 0 Å². The van der Waals surface area contributed by atoms with E-state index in [-0.39, 0.29) is 0 Å². The number of aromatic nitrogens is 3. The molecule has 0 aliphatic carbocycles. The molecule has 0 unspecified atom stereocenters. The Morgan fingerprint density at radius 1 is 1.36 bits per heavy atom. The van der Waals surface area contributed by atoms with Crippen LogP contribution in [-0.4, -0.2) is 14.5 Å². The van der Waals surface area contributed by atoms with E-state index in [1.165, 1.54) is 4.88 Å². The van der Waals surface area contributed by atoms with Crippen molar-refractivity contribution in [1.29, 1.82) is 0 Å². The SMILES string of the molecule is Cc1ncsc1CCn1ccnc1C. The molecule has 0 aliphatic rings. The normalized spacial score (nSPS) is 10.7. The molecule has 4 heteroatoms. The molecule has 0 fully saturated rings. The zero-order valence-electron chi connectivity index (χ0n) is 8.40. The van der Waals surface area contributed by atoms with Gasteiger partial charge in [-0.05, 0) is 13.8 Å². The molecule has 3 nitrogen and oxygen atoms in total. The van der Waals surface area contributed by atoms with Crippen molar-refractivity contribution in [3.05, 3.63) is 34.3 Å². The zero-order valence-corrected chi connectivity index (χ0v) is 9.21. The summed E-state index contributed by atoms with van der Waals surface area (Å²) in [6.07, 6.45) is 4.91. The van der Waals surface area contributed by atoms with Crippen LogP contribution in [-0.2, 0) is 13.0 Å². The molecular weight excluding hydrogens is 194 g/mol. The fourth-order valence-electron chi connectivity index (χ4n) is 1.43. The van der Waals surface area contributed by atoms with Gasteiger partial charge in [0.2, 0.25) is 0 Å². The average Bonchev–Trinajstić information content (AvgIpc) is 2.72. The highest BCUT2D eigenvalue weighted by Crippen LogP contribution is 2.13. The van der Waals surface area contributed by atoms with Gasteiger partial charge in [0.1, 0.15) is 5.82 Å². The summed E-state index contributed by atoms with van der Waals surface area (Å²) in [6.45, 7) is 5.08. The van der Waals surface area contributed by atoms with Gasteiger partial charge >= 0.3 is 0 Å². The van der Waals surface area contributed by atoms with Crippen LogP contribution in [0, 0.1) is 13.8 Å². The van der Waals surface area contributed by atoms with Crippen molar-refractivity contribution in [3.63, 3.8) is 0 Å². The number of hydrogen-bond acceptors (Lipinski definition) is 3. The van der Waals surface area contributed by atoms with Gasteiger partial charge in [0.25, 0.3) is 0 Å². The van der Waals surface area contributed by atoms with E-state index in [1.54, 1.807) is 11.3 Å². The molecule has 2 rings (SSSR count). The maximum Gasteiger partial charge on any atom is 0.105 e. The maximum absolute atomic E-state index is 4.23. The van der Waals surface area contributed by atoms with Crippen LogP contribution in [0.4, 0.5) is 0 Å². The third kappa shape index (κ3) is 1.85. The van der Waals surface area contributed by atoms with Crippen molar-refractivity contribution in [2.24, 2.45) is 0 Å². The number of hydrogen-bond donors (Lipinski definition) is 0. The highest BCUT2D eigenvalue weighted by Gasteiger charge is 2.02. The van der Waals surface area contributed by atoms with Crippen molar-refractivity contribution in [3.8, 4) is 0 Å². The number of nitrogens with zero attached hydrogens (tertiary/aromatic N) is 3. The van der Waals surface area contributed by atoms with E-state index in [4.69, 9.17) is 0 Å². The van der Waals surface area contributed by atoms with Gasteiger partial charge in [-0.1, -0.05) is 0 Å². The fraction of sp³-hybridized carbons (Fsp3) is 0.400. The van der Waals surface area contributed by atoms with Gasteiger partial charge in [0, 0.05) is 30.2 Å². The first-order chi connectivity index (χ1) is 6.77. The fourth-order valence-corrected chi connectivity index (χ4v) is 2.20. The molecule has 14 heavy (non-hydrogen) atoms. The second-order valence-electron chi connectivity index (χ2n) is 3.28. The minimum Gasteiger partial charge on any atom is -0.335 e. The maximum atomic E-state index is 4.23. The Morgan fingerprint density at radius 3 is 2.79 bits per heavy atom. The van der Waals surface area contributed by atoms with E-state index < -0.39 is 0 Å². The summed E-state index contributed by atoms with van der Waals surface area (Å²) in [4.78, 5) is 9.80. The third-order valence-corrected chi connectivity index (χ3v) is 3.34. The van der Waals surface area contributed by atoms with Gasteiger partial charge in [-0.25, -0.2) is 9.97 Å². The molecule has 2 aromatic rings. The van der Waals surface area contributed by atoms with Gasteiger partial charge in [0.15, 0.2) is 0 Å². The number of thiazole rings is 1. The topological polar surface area (TPSA) is 30.7 Å². The molecule has 0 amide bonds. The van der Waals surface area contributed by atoms with E-state index in [9.17, 15) is 0 Å². The summed E-state index contributed by atoms with van der Waals surface area (Å²) in [6, 6.07) is 0. The van der Waals surface area contributed by atoms with Gasteiger partial charge in [-0.2, -0.15) is 0 Å². The summed E-state index contributed by atoms with van der Waals surface area (Å²) in [5.74, 6) is 1.08. The van der Waals surface area contributed by atoms with E-state index in [0.717, 1.165) is 24.5 Å². The molecule has 0 bridgehead atoms. The van der Waals surface area contributed by atoms with Crippen LogP contribution in [0.1, 0.15) is 16.4 Å². The Hall–Kier alpha value is -1.16. The van der Waals surface area contributed by atoms with Crippen LogP contribution >= 0.6 is 11.3 Å². The van der Waals surface area contributed by atoms with Crippen molar-refractivity contribution >= 4 is 11.3 Å². The van der Waals surface area contributed by atoms with Crippen molar-refractivity contribution in [1.82, 2.24) is 14.5 Å². The lowest BCUT2D eigenvalue weighted by molar-refractivity contribution is 0.675. The lowest BCUT2D eigenvalue weighted by Crippen LogP contribution is -2.02.